The third-order valence-corrected chi connectivity index (χ3v) is 7.26. The van der Waals surface area contributed by atoms with Gasteiger partial charge in [0.1, 0.15) is 11.3 Å². The molecule has 1 spiro atoms. The second-order valence-corrected chi connectivity index (χ2v) is 9.76. The van der Waals surface area contributed by atoms with E-state index in [9.17, 15) is 22.8 Å². The summed E-state index contributed by atoms with van der Waals surface area (Å²) in [4.78, 5) is 35.1. The summed E-state index contributed by atoms with van der Waals surface area (Å²) in [5, 5.41) is 4.90. The molecule has 198 valence electrons. The van der Waals surface area contributed by atoms with Crippen molar-refractivity contribution in [2.75, 3.05) is 13.1 Å². The van der Waals surface area contributed by atoms with E-state index in [2.05, 4.69) is 15.1 Å². The first kappa shape index (κ1) is 25.1. The number of pyridine rings is 2. The average Bonchev–Trinajstić information content (AvgIpc) is 3.49. The Morgan fingerprint density at radius 1 is 1.03 bits per heavy atom. The van der Waals surface area contributed by atoms with Crippen LogP contribution in [0.5, 0.6) is 0 Å². The fourth-order valence-corrected chi connectivity index (χ4v) is 5.24. The van der Waals surface area contributed by atoms with Crippen LogP contribution in [0.25, 0.3) is 16.9 Å². The predicted molar refractivity (Wildman–Crippen MR) is 133 cm³/mol. The molecule has 0 atom stereocenters. The van der Waals surface area contributed by atoms with Crippen LogP contribution in [0.2, 0.25) is 5.02 Å². The molecule has 6 rings (SSSR count). The second kappa shape index (κ2) is 9.19. The summed E-state index contributed by atoms with van der Waals surface area (Å²) in [5.74, 6) is -0.780. The average molecular weight is 554 g/mol. The molecule has 0 unspecified atom stereocenters. The van der Waals surface area contributed by atoms with Crippen molar-refractivity contribution in [2.45, 2.75) is 24.6 Å². The Kier molecular flexibility index (Phi) is 5.91. The van der Waals surface area contributed by atoms with Gasteiger partial charge in [0.15, 0.2) is 5.69 Å². The normalized spacial score (nSPS) is 16.3. The van der Waals surface area contributed by atoms with E-state index in [0.29, 0.717) is 47.8 Å². The van der Waals surface area contributed by atoms with Crippen LogP contribution in [-0.2, 0) is 16.5 Å². The number of fused-ring (bicyclic) bond motifs is 2. The molecule has 4 aromatic rings. The first-order valence-electron chi connectivity index (χ1n) is 12.0. The van der Waals surface area contributed by atoms with Crippen LogP contribution >= 0.6 is 11.6 Å². The zero-order chi connectivity index (χ0) is 27.4. The number of rotatable bonds is 3. The Balaban J connectivity index is 1.28. The number of alkyl halides is 3. The summed E-state index contributed by atoms with van der Waals surface area (Å²) < 4.78 is 46.3. The lowest BCUT2D eigenvalue weighted by Crippen LogP contribution is -2.45. The summed E-state index contributed by atoms with van der Waals surface area (Å²) in [5.41, 5.74) is 0.901. The number of ether oxygens (including phenoxy) is 1. The number of halogens is 4. The molecule has 1 amide bonds. The fraction of sp³-hybridized carbons (Fsp3) is 0.222. The maximum Gasteiger partial charge on any atom is 0.433 e. The monoisotopic (exact) mass is 553 g/mol. The number of likely N-dealkylation sites (tertiary alicyclic amines) is 1. The van der Waals surface area contributed by atoms with Gasteiger partial charge < -0.3 is 9.64 Å². The van der Waals surface area contributed by atoms with Gasteiger partial charge in [-0.1, -0.05) is 17.7 Å². The summed E-state index contributed by atoms with van der Waals surface area (Å²) in [6.45, 7) is 0.626. The Morgan fingerprint density at radius 3 is 2.44 bits per heavy atom. The maximum absolute atomic E-state index is 13.5. The minimum atomic E-state index is -4.58. The first-order valence-corrected chi connectivity index (χ1v) is 12.4. The molecule has 3 aromatic heterocycles. The molecule has 0 bridgehead atoms. The Morgan fingerprint density at radius 2 is 1.77 bits per heavy atom. The summed E-state index contributed by atoms with van der Waals surface area (Å²) >= 11 is 6.05. The number of carbonyl (C=O) groups excluding carboxylic acids is 2. The minimum Gasteiger partial charge on any atom is -0.450 e. The number of amides is 1. The SMILES string of the molecule is O=C1OC2(CCN(C(=O)c3cc(-c4ccncc4)n(-c4ccc(C(F)(F)F)nc4)n3)CC2)c2ccc(Cl)cc21. The van der Waals surface area contributed by atoms with Gasteiger partial charge in [-0.15, -0.1) is 0 Å². The molecule has 2 aliphatic rings. The van der Waals surface area contributed by atoms with Crippen molar-refractivity contribution in [3.8, 4) is 16.9 Å². The van der Waals surface area contributed by atoms with E-state index in [1.54, 1.807) is 53.7 Å². The molecular weight excluding hydrogens is 535 g/mol. The van der Waals surface area contributed by atoms with E-state index in [1.807, 2.05) is 0 Å². The van der Waals surface area contributed by atoms with Gasteiger partial charge in [-0.2, -0.15) is 18.3 Å². The molecule has 1 aromatic carbocycles. The Hall–Kier alpha value is -4.25. The van der Waals surface area contributed by atoms with E-state index < -0.39 is 23.4 Å². The lowest BCUT2D eigenvalue weighted by Gasteiger charge is -2.38. The summed E-state index contributed by atoms with van der Waals surface area (Å²) in [7, 11) is 0. The Bertz CT molecular complexity index is 1580. The highest BCUT2D eigenvalue weighted by atomic mass is 35.5. The molecule has 2 aliphatic heterocycles. The van der Waals surface area contributed by atoms with Gasteiger partial charge in [-0.05, 0) is 42.5 Å². The predicted octanol–water partition coefficient (Wildman–Crippen LogP) is 5.30. The molecule has 0 radical (unpaired) electrons. The number of aromatic nitrogens is 4. The van der Waals surface area contributed by atoms with Crippen LogP contribution in [0.1, 0.15) is 44.9 Å². The number of hydrogen-bond acceptors (Lipinski definition) is 6. The number of hydrogen-bond donors (Lipinski definition) is 0. The zero-order valence-corrected chi connectivity index (χ0v) is 20.9. The number of nitrogens with zero attached hydrogens (tertiary/aromatic N) is 5. The highest BCUT2D eigenvalue weighted by molar-refractivity contribution is 6.31. The summed E-state index contributed by atoms with van der Waals surface area (Å²) in [6.07, 6.45) is 0.426. The first-order chi connectivity index (χ1) is 18.6. The van der Waals surface area contributed by atoms with Crippen molar-refractivity contribution >= 4 is 23.5 Å². The van der Waals surface area contributed by atoms with Gasteiger partial charge in [0.05, 0.1) is 23.1 Å². The van der Waals surface area contributed by atoms with E-state index >= 15 is 0 Å². The summed E-state index contributed by atoms with van der Waals surface area (Å²) in [6, 6.07) is 12.2. The van der Waals surface area contributed by atoms with Gasteiger partial charge in [0.25, 0.3) is 5.91 Å². The van der Waals surface area contributed by atoms with Gasteiger partial charge >= 0.3 is 12.1 Å². The third-order valence-electron chi connectivity index (χ3n) is 7.03. The van der Waals surface area contributed by atoms with Crippen LogP contribution in [0.15, 0.2) is 67.1 Å². The molecule has 8 nitrogen and oxygen atoms in total. The molecule has 0 aliphatic carbocycles. The van der Waals surface area contributed by atoms with Crippen molar-refractivity contribution in [3.63, 3.8) is 0 Å². The standard InChI is InChI=1S/C27H19ClF3N5O3/c28-17-1-3-20-19(13-17)25(38)39-26(20)7-11-35(12-8-26)24(37)21-14-22(16-5-9-32-10-6-16)36(34-21)18-2-4-23(33-15-18)27(29,30)31/h1-6,9-10,13-15H,7-8,11-12H2. The number of benzene rings is 1. The van der Waals surface area contributed by atoms with Crippen molar-refractivity contribution < 1.29 is 27.5 Å². The van der Waals surface area contributed by atoms with Gasteiger partial charge in [-0.3, -0.25) is 9.78 Å². The molecule has 0 saturated carbocycles. The molecule has 5 heterocycles. The van der Waals surface area contributed by atoms with Crippen molar-refractivity contribution in [3.05, 3.63) is 94.7 Å². The largest absolute Gasteiger partial charge is 0.450 e. The van der Waals surface area contributed by atoms with Gasteiger partial charge in [0, 0.05) is 54.5 Å². The number of piperidine rings is 1. The highest BCUT2D eigenvalue weighted by Crippen LogP contribution is 2.45. The van der Waals surface area contributed by atoms with Crippen LogP contribution in [0.4, 0.5) is 13.2 Å². The molecular formula is C27H19ClF3N5O3. The lowest BCUT2D eigenvalue weighted by atomic mass is 9.83. The zero-order valence-electron chi connectivity index (χ0n) is 20.2. The quantitative estimate of drug-likeness (QED) is 0.320. The molecule has 1 fully saturated rings. The van der Waals surface area contributed by atoms with E-state index in [0.717, 1.165) is 17.8 Å². The van der Waals surface area contributed by atoms with Crippen molar-refractivity contribution in [1.82, 2.24) is 24.6 Å². The van der Waals surface area contributed by atoms with Crippen LogP contribution in [0.3, 0.4) is 0 Å². The van der Waals surface area contributed by atoms with Gasteiger partial charge in [-0.25, -0.2) is 14.5 Å². The van der Waals surface area contributed by atoms with E-state index in [-0.39, 0.29) is 17.3 Å². The van der Waals surface area contributed by atoms with Crippen LogP contribution < -0.4 is 0 Å². The third kappa shape index (κ3) is 4.42. The van der Waals surface area contributed by atoms with Crippen molar-refractivity contribution in [2.24, 2.45) is 0 Å². The second-order valence-electron chi connectivity index (χ2n) is 9.33. The van der Waals surface area contributed by atoms with Crippen LogP contribution in [-0.4, -0.2) is 49.6 Å². The topological polar surface area (TPSA) is 90.2 Å². The molecule has 39 heavy (non-hydrogen) atoms. The van der Waals surface area contributed by atoms with Crippen molar-refractivity contribution in [1.29, 1.82) is 0 Å². The Labute approximate surface area is 225 Å². The lowest BCUT2D eigenvalue weighted by molar-refractivity contribution is -0.141. The minimum absolute atomic E-state index is 0.119. The molecule has 0 N–H and O–H groups in total. The molecule has 12 heteroatoms. The smallest absolute Gasteiger partial charge is 0.433 e. The highest BCUT2D eigenvalue weighted by Gasteiger charge is 2.48. The number of carbonyl (C=O) groups is 2. The fourth-order valence-electron chi connectivity index (χ4n) is 5.06. The van der Waals surface area contributed by atoms with E-state index in [4.69, 9.17) is 16.3 Å². The van der Waals surface area contributed by atoms with Crippen LogP contribution in [0, 0.1) is 0 Å². The maximum atomic E-state index is 13.5. The number of esters is 1. The molecule has 1 saturated heterocycles. The van der Waals surface area contributed by atoms with Gasteiger partial charge in [0.2, 0.25) is 0 Å². The van der Waals surface area contributed by atoms with E-state index in [1.165, 1.54) is 10.7 Å².